The Morgan fingerprint density at radius 3 is 2.68 bits per heavy atom. The highest BCUT2D eigenvalue weighted by molar-refractivity contribution is 5.80. The largest absolute Gasteiger partial charge is 0.469 e. The van der Waals surface area contributed by atoms with Gasteiger partial charge in [0, 0.05) is 38.9 Å². The Hall–Kier alpha value is -2.31. The number of aliphatic imine (C=N–C) groups is 1. The number of anilines is 1. The Morgan fingerprint density at radius 1 is 1.25 bits per heavy atom. The van der Waals surface area contributed by atoms with Crippen molar-refractivity contribution in [3.05, 3.63) is 23.9 Å². The lowest BCUT2D eigenvalue weighted by atomic mass is 9.97. The molecule has 0 amide bonds. The van der Waals surface area contributed by atoms with Crippen molar-refractivity contribution in [3.8, 4) is 0 Å². The van der Waals surface area contributed by atoms with Gasteiger partial charge in [0.25, 0.3) is 0 Å². The number of aromatic nitrogens is 1. The normalized spacial score (nSPS) is 18.9. The molecule has 0 spiro atoms. The van der Waals surface area contributed by atoms with E-state index in [9.17, 15) is 4.79 Å². The molecule has 2 aliphatic rings. The van der Waals surface area contributed by atoms with Crippen molar-refractivity contribution in [2.45, 2.75) is 45.6 Å². The van der Waals surface area contributed by atoms with E-state index < -0.39 is 0 Å². The minimum Gasteiger partial charge on any atom is -0.469 e. The van der Waals surface area contributed by atoms with Gasteiger partial charge in [-0.2, -0.15) is 0 Å². The summed E-state index contributed by atoms with van der Waals surface area (Å²) in [5.74, 6) is 1.90. The summed E-state index contributed by atoms with van der Waals surface area (Å²) in [6.07, 6.45) is 7.33. The van der Waals surface area contributed by atoms with Crippen LogP contribution in [0.25, 0.3) is 0 Å². The van der Waals surface area contributed by atoms with Crippen molar-refractivity contribution >= 4 is 17.7 Å². The zero-order chi connectivity index (χ0) is 19.8. The fourth-order valence-electron chi connectivity index (χ4n) is 3.94. The van der Waals surface area contributed by atoms with Gasteiger partial charge in [0.15, 0.2) is 5.96 Å². The highest BCUT2D eigenvalue weighted by Crippen LogP contribution is 2.20. The minimum absolute atomic E-state index is 0.0106. The summed E-state index contributed by atoms with van der Waals surface area (Å²) in [4.78, 5) is 25.8. The van der Waals surface area contributed by atoms with E-state index in [-0.39, 0.29) is 11.9 Å². The number of methoxy groups -OCH3 is 1. The molecule has 0 saturated carbocycles. The Kier molecular flexibility index (Phi) is 7.51. The van der Waals surface area contributed by atoms with Gasteiger partial charge in [0.2, 0.25) is 0 Å². The van der Waals surface area contributed by atoms with Crippen LogP contribution in [0.15, 0.2) is 23.3 Å². The van der Waals surface area contributed by atoms with Gasteiger partial charge in [0.1, 0.15) is 5.82 Å². The second kappa shape index (κ2) is 10.3. The number of hydrogen-bond acceptors (Lipinski definition) is 5. The lowest BCUT2D eigenvalue weighted by Gasteiger charge is -2.33. The molecule has 1 aromatic heterocycles. The first-order valence-electron chi connectivity index (χ1n) is 10.5. The smallest absolute Gasteiger partial charge is 0.308 e. The molecular weight excluding hydrogens is 354 g/mol. The van der Waals surface area contributed by atoms with Gasteiger partial charge < -0.3 is 19.9 Å². The van der Waals surface area contributed by atoms with Crippen LogP contribution in [0.2, 0.25) is 0 Å². The van der Waals surface area contributed by atoms with Crippen LogP contribution in [0.4, 0.5) is 5.82 Å². The molecule has 28 heavy (non-hydrogen) atoms. The summed E-state index contributed by atoms with van der Waals surface area (Å²) < 4.78 is 4.89. The van der Waals surface area contributed by atoms with Crippen molar-refractivity contribution in [3.63, 3.8) is 0 Å². The summed E-state index contributed by atoms with van der Waals surface area (Å²) in [5, 5.41) is 3.39. The average Bonchev–Trinajstić information content (AvgIpc) is 2.77. The molecule has 0 aliphatic carbocycles. The summed E-state index contributed by atoms with van der Waals surface area (Å²) in [5.41, 5.74) is 1.18. The van der Waals surface area contributed by atoms with Crippen molar-refractivity contribution in [2.75, 3.05) is 44.7 Å². The maximum atomic E-state index is 11.7. The number of piperidine rings is 2. The van der Waals surface area contributed by atoms with E-state index in [2.05, 4.69) is 33.1 Å². The summed E-state index contributed by atoms with van der Waals surface area (Å²) in [6, 6.07) is 4.21. The number of nitrogens with one attached hydrogen (secondary N) is 1. The van der Waals surface area contributed by atoms with Gasteiger partial charge in [0.05, 0.1) is 19.6 Å². The van der Waals surface area contributed by atoms with Crippen LogP contribution in [0.1, 0.15) is 44.6 Å². The standard InChI is InChI=1S/C21H33N5O2/c1-3-22-21(26-13-8-18(9-14-26)20(27)28-2)24-16-17-7-10-23-19(15-17)25-11-5-4-6-12-25/h7,10,15,18H,3-6,8-9,11-14,16H2,1-2H3,(H,22,24). The van der Waals surface area contributed by atoms with E-state index in [4.69, 9.17) is 9.73 Å². The predicted molar refractivity (Wildman–Crippen MR) is 111 cm³/mol. The van der Waals surface area contributed by atoms with E-state index in [1.54, 1.807) is 0 Å². The fourth-order valence-corrected chi connectivity index (χ4v) is 3.94. The number of carbonyl (C=O) groups excluding carboxylic acids is 1. The molecule has 0 bridgehead atoms. The van der Waals surface area contributed by atoms with E-state index in [1.807, 2.05) is 12.3 Å². The SMILES string of the molecule is CCNC(=NCc1ccnc(N2CCCCC2)c1)N1CCC(C(=O)OC)CC1. The van der Waals surface area contributed by atoms with Crippen LogP contribution < -0.4 is 10.2 Å². The topological polar surface area (TPSA) is 70.1 Å². The molecule has 0 atom stereocenters. The number of carbonyl (C=O) groups is 1. The molecule has 0 aromatic carbocycles. The molecule has 3 heterocycles. The number of ether oxygens (including phenoxy) is 1. The molecule has 0 radical (unpaired) electrons. The van der Waals surface area contributed by atoms with Crippen molar-refractivity contribution in [1.29, 1.82) is 0 Å². The van der Waals surface area contributed by atoms with Gasteiger partial charge in [-0.25, -0.2) is 9.98 Å². The predicted octanol–water partition coefficient (Wildman–Crippen LogP) is 2.42. The molecule has 1 N–H and O–H groups in total. The molecule has 2 aliphatic heterocycles. The van der Waals surface area contributed by atoms with Crippen LogP contribution in [0.3, 0.4) is 0 Å². The summed E-state index contributed by atoms with van der Waals surface area (Å²) in [6.45, 7) is 7.36. The first kappa shape index (κ1) is 20.4. The molecule has 1 aromatic rings. The zero-order valence-electron chi connectivity index (χ0n) is 17.2. The van der Waals surface area contributed by atoms with Gasteiger partial charge in [-0.15, -0.1) is 0 Å². The van der Waals surface area contributed by atoms with Gasteiger partial charge in [-0.1, -0.05) is 0 Å². The third kappa shape index (κ3) is 5.36. The molecular formula is C21H33N5O2. The molecule has 2 fully saturated rings. The number of esters is 1. The zero-order valence-corrected chi connectivity index (χ0v) is 17.2. The number of likely N-dealkylation sites (tertiary alicyclic amines) is 1. The minimum atomic E-state index is -0.0939. The molecule has 3 rings (SSSR count). The molecule has 154 valence electrons. The first-order valence-corrected chi connectivity index (χ1v) is 10.5. The van der Waals surface area contributed by atoms with Crippen LogP contribution in [-0.2, 0) is 16.1 Å². The van der Waals surface area contributed by atoms with Gasteiger partial charge in [-0.3, -0.25) is 4.79 Å². The quantitative estimate of drug-likeness (QED) is 0.475. The highest BCUT2D eigenvalue weighted by Gasteiger charge is 2.27. The third-order valence-corrected chi connectivity index (χ3v) is 5.57. The van der Waals surface area contributed by atoms with Crippen LogP contribution in [0, 0.1) is 5.92 Å². The highest BCUT2D eigenvalue weighted by atomic mass is 16.5. The van der Waals surface area contributed by atoms with E-state index in [1.165, 1.54) is 31.9 Å². The van der Waals surface area contributed by atoms with E-state index >= 15 is 0 Å². The maximum absolute atomic E-state index is 11.7. The van der Waals surface area contributed by atoms with Crippen molar-refractivity contribution in [2.24, 2.45) is 10.9 Å². The van der Waals surface area contributed by atoms with Crippen molar-refractivity contribution in [1.82, 2.24) is 15.2 Å². The monoisotopic (exact) mass is 387 g/mol. The second-order valence-corrected chi connectivity index (χ2v) is 7.52. The number of guanidine groups is 1. The molecule has 0 unspecified atom stereocenters. The maximum Gasteiger partial charge on any atom is 0.308 e. The number of rotatable bonds is 5. The number of pyridine rings is 1. The van der Waals surface area contributed by atoms with Crippen LogP contribution in [0.5, 0.6) is 0 Å². The fraction of sp³-hybridized carbons (Fsp3) is 0.667. The van der Waals surface area contributed by atoms with Crippen molar-refractivity contribution < 1.29 is 9.53 Å². The number of nitrogens with zero attached hydrogens (tertiary/aromatic N) is 4. The molecule has 2 saturated heterocycles. The summed E-state index contributed by atoms with van der Waals surface area (Å²) >= 11 is 0. The third-order valence-electron chi connectivity index (χ3n) is 5.57. The van der Waals surface area contributed by atoms with E-state index in [0.717, 1.165) is 57.3 Å². The lowest BCUT2D eigenvalue weighted by Crippen LogP contribution is -2.46. The van der Waals surface area contributed by atoms with Crippen LogP contribution in [-0.4, -0.2) is 61.6 Å². The van der Waals surface area contributed by atoms with E-state index in [0.29, 0.717) is 6.54 Å². The second-order valence-electron chi connectivity index (χ2n) is 7.52. The Bertz CT molecular complexity index is 665. The molecule has 7 nitrogen and oxygen atoms in total. The first-order chi connectivity index (χ1) is 13.7. The Balaban J connectivity index is 1.62. The van der Waals surface area contributed by atoms with Gasteiger partial charge >= 0.3 is 5.97 Å². The Labute approximate surface area is 168 Å². The number of hydrogen-bond donors (Lipinski definition) is 1. The van der Waals surface area contributed by atoms with Crippen LogP contribution >= 0.6 is 0 Å². The van der Waals surface area contributed by atoms with Gasteiger partial charge in [-0.05, 0) is 56.7 Å². The lowest BCUT2D eigenvalue weighted by molar-refractivity contribution is -0.146. The summed E-state index contributed by atoms with van der Waals surface area (Å²) in [7, 11) is 1.47. The molecule has 7 heteroatoms. The Morgan fingerprint density at radius 2 is 2.00 bits per heavy atom. The average molecular weight is 388 g/mol.